The van der Waals surface area contributed by atoms with Gasteiger partial charge in [-0.15, -0.1) is 11.3 Å². The van der Waals surface area contributed by atoms with E-state index in [0.29, 0.717) is 36.5 Å². The molecule has 1 heterocycles. The van der Waals surface area contributed by atoms with Gasteiger partial charge in [0.2, 0.25) is 5.91 Å². The molecule has 4 aromatic carbocycles. The van der Waals surface area contributed by atoms with Gasteiger partial charge in [0.25, 0.3) is 0 Å². The van der Waals surface area contributed by atoms with Gasteiger partial charge in [-0.2, -0.15) is 0 Å². The van der Waals surface area contributed by atoms with Gasteiger partial charge in [-0.1, -0.05) is 116 Å². The van der Waals surface area contributed by atoms with E-state index >= 15 is 0 Å². The molecule has 45 heavy (non-hydrogen) atoms. The van der Waals surface area contributed by atoms with Gasteiger partial charge >= 0.3 is 0 Å². The first-order chi connectivity index (χ1) is 21.8. The lowest BCUT2D eigenvalue weighted by Crippen LogP contribution is -2.53. The summed E-state index contributed by atoms with van der Waals surface area (Å²) in [7, 11) is -3.72. The minimum Gasteiger partial charge on any atom is -0.384 e. The first-order valence-electron chi connectivity index (χ1n) is 15.2. The van der Waals surface area contributed by atoms with Crippen LogP contribution in [0.1, 0.15) is 47.6 Å². The third-order valence-electron chi connectivity index (χ3n) is 7.71. The number of amides is 1. The summed E-state index contributed by atoms with van der Waals surface area (Å²) in [6.45, 7) is 2.73. The molecule has 9 heteroatoms. The third kappa shape index (κ3) is 9.08. The Labute approximate surface area is 269 Å². The fraction of sp³-hybridized carbons (Fsp3) is 0.278. The van der Waals surface area contributed by atoms with Crippen LogP contribution in [0.2, 0.25) is 0 Å². The first-order valence-corrected chi connectivity index (χ1v) is 17.9. The van der Waals surface area contributed by atoms with Gasteiger partial charge < -0.3 is 10.4 Å². The number of aliphatic hydroxyl groups excluding tert-OH is 1. The van der Waals surface area contributed by atoms with Crippen molar-refractivity contribution in [1.82, 2.24) is 15.2 Å². The van der Waals surface area contributed by atoms with Gasteiger partial charge in [0.05, 0.1) is 27.8 Å². The number of rotatable bonds is 15. The maximum Gasteiger partial charge on any atom is 0.238 e. The van der Waals surface area contributed by atoms with E-state index in [-0.39, 0.29) is 11.5 Å². The zero-order chi connectivity index (χ0) is 31.6. The zero-order valence-corrected chi connectivity index (χ0v) is 27.0. The standard InChI is InChI=1S/C36H39N3O4S2/c1-2-14-31(34(40)36-38-30-21-12-13-22-33(30)44-36)37-35(41)32(26-45(42,43)25-29-19-10-5-11-20-29)39(23-27-15-6-3-7-16-27)24-28-17-8-4-9-18-28/h3-13,15-22,31-32,34,40H,2,14,23-26H2,1H3,(H,37,41). The molecule has 0 aliphatic carbocycles. The number of thiazole rings is 1. The summed E-state index contributed by atoms with van der Waals surface area (Å²) in [4.78, 5) is 20.9. The molecule has 3 atom stereocenters. The SMILES string of the molecule is CCCC(NC(=O)C(CS(=O)(=O)Cc1ccccc1)N(Cc1ccccc1)Cc1ccccc1)C(O)c1nc2ccccc2s1. The molecule has 0 saturated carbocycles. The smallest absolute Gasteiger partial charge is 0.238 e. The van der Waals surface area contributed by atoms with Crippen LogP contribution in [0, 0.1) is 0 Å². The Morgan fingerprint density at radius 3 is 1.91 bits per heavy atom. The molecule has 0 bridgehead atoms. The lowest BCUT2D eigenvalue weighted by molar-refractivity contribution is -0.128. The van der Waals surface area contributed by atoms with E-state index in [1.807, 2.05) is 115 Å². The van der Waals surface area contributed by atoms with Crippen LogP contribution in [-0.2, 0) is 33.5 Å². The topological polar surface area (TPSA) is 99.6 Å². The van der Waals surface area contributed by atoms with Crippen LogP contribution >= 0.6 is 11.3 Å². The van der Waals surface area contributed by atoms with Crippen molar-refractivity contribution in [1.29, 1.82) is 0 Å². The molecule has 0 saturated heterocycles. The lowest BCUT2D eigenvalue weighted by Gasteiger charge is -2.33. The molecule has 3 unspecified atom stereocenters. The molecule has 5 rings (SSSR count). The second kappa shape index (κ2) is 15.4. The summed E-state index contributed by atoms with van der Waals surface area (Å²) in [5.41, 5.74) is 3.39. The van der Waals surface area contributed by atoms with Crippen molar-refractivity contribution in [2.45, 2.75) is 56.8 Å². The highest BCUT2D eigenvalue weighted by Gasteiger charge is 2.34. The molecular formula is C36H39N3O4S2. The van der Waals surface area contributed by atoms with Crippen LogP contribution in [0.4, 0.5) is 0 Å². The molecule has 0 aliphatic rings. The monoisotopic (exact) mass is 641 g/mol. The van der Waals surface area contributed by atoms with Crippen LogP contribution in [0.5, 0.6) is 0 Å². The summed E-state index contributed by atoms with van der Waals surface area (Å²) in [5.74, 6) is -0.977. The molecule has 234 valence electrons. The van der Waals surface area contributed by atoms with E-state index in [1.54, 1.807) is 12.1 Å². The average Bonchev–Trinajstić information content (AvgIpc) is 3.49. The van der Waals surface area contributed by atoms with Crippen molar-refractivity contribution in [2.75, 3.05) is 5.75 Å². The third-order valence-corrected chi connectivity index (χ3v) is 10.4. The maximum absolute atomic E-state index is 14.3. The first kappa shape index (κ1) is 32.5. The molecule has 2 N–H and O–H groups in total. The highest BCUT2D eigenvalue weighted by Crippen LogP contribution is 2.29. The summed E-state index contributed by atoms with van der Waals surface area (Å²) in [5, 5.41) is 15.1. The Hall–Kier alpha value is -3.89. The number of carbonyl (C=O) groups excluding carboxylic acids is 1. The number of aromatic nitrogens is 1. The largest absolute Gasteiger partial charge is 0.384 e. The van der Waals surface area contributed by atoms with Crippen molar-refractivity contribution in [3.05, 3.63) is 137 Å². The normalized spacial score (nSPS) is 13.8. The van der Waals surface area contributed by atoms with E-state index in [2.05, 4.69) is 10.3 Å². The Bertz CT molecular complexity index is 1690. The molecule has 5 aromatic rings. The Balaban J connectivity index is 1.47. The molecule has 0 aliphatic heterocycles. The number of hydrogen-bond acceptors (Lipinski definition) is 7. The summed E-state index contributed by atoms with van der Waals surface area (Å²) in [6.07, 6.45) is 0.176. The highest BCUT2D eigenvalue weighted by atomic mass is 32.2. The van der Waals surface area contributed by atoms with Crippen LogP contribution in [0.15, 0.2) is 115 Å². The number of aliphatic hydroxyl groups is 1. The van der Waals surface area contributed by atoms with Crippen LogP contribution in [-0.4, -0.2) is 47.2 Å². The second-order valence-electron chi connectivity index (χ2n) is 11.3. The minimum atomic E-state index is -3.72. The van der Waals surface area contributed by atoms with Crippen LogP contribution in [0.25, 0.3) is 10.2 Å². The molecule has 0 fully saturated rings. The molecule has 0 spiro atoms. The number of benzene rings is 4. The second-order valence-corrected chi connectivity index (χ2v) is 14.5. The average molecular weight is 642 g/mol. The molecule has 1 amide bonds. The van der Waals surface area contributed by atoms with Gasteiger partial charge in [0, 0.05) is 13.1 Å². The minimum absolute atomic E-state index is 0.172. The van der Waals surface area contributed by atoms with Crippen LogP contribution in [0.3, 0.4) is 0 Å². The number of carbonyl (C=O) groups is 1. The number of fused-ring (bicyclic) bond motifs is 1. The molecule has 0 radical (unpaired) electrons. The Morgan fingerprint density at radius 1 is 0.822 bits per heavy atom. The predicted octanol–water partition coefficient (Wildman–Crippen LogP) is 6.30. The Kier molecular flexibility index (Phi) is 11.1. The maximum atomic E-state index is 14.3. The number of nitrogens with zero attached hydrogens (tertiary/aromatic N) is 2. The highest BCUT2D eigenvalue weighted by molar-refractivity contribution is 7.90. The van der Waals surface area contributed by atoms with Gasteiger partial charge in [0.15, 0.2) is 9.84 Å². The fourth-order valence-corrected chi connectivity index (χ4v) is 8.15. The van der Waals surface area contributed by atoms with Crippen molar-refractivity contribution >= 4 is 37.3 Å². The lowest BCUT2D eigenvalue weighted by atomic mass is 10.0. The van der Waals surface area contributed by atoms with Crippen LogP contribution < -0.4 is 5.32 Å². The van der Waals surface area contributed by atoms with E-state index in [9.17, 15) is 18.3 Å². The fourth-order valence-electron chi connectivity index (χ4n) is 5.47. The predicted molar refractivity (Wildman–Crippen MR) is 181 cm³/mol. The molecule has 1 aromatic heterocycles. The number of nitrogens with one attached hydrogen (secondary N) is 1. The van der Waals surface area contributed by atoms with E-state index < -0.39 is 33.9 Å². The van der Waals surface area contributed by atoms with Crippen molar-refractivity contribution < 1.29 is 18.3 Å². The zero-order valence-electron chi connectivity index (χ0n) is 25.3. The Morgan fingerprint density at radius 2 is 1.36 bits per heavy atom. The van der Waals surface area contributed by atoms with Gasteiger partial charge in [-0.05, 0) is 35.2 Å². The van der Waals surface area contributed by atoms with Gasteiger partial charge in [-0.25, -0.2) is 13.4 Å². The van der Waals surface area contributed by atoms with Crippen molar-refractivity contribution in [3.8, 4) is 0 Å². The number of hydrogen-bond donors (Lipinski definition) is 2. The number of sulfone groups is 1. The molecule has 7 nitrogen and oxygen atoms in total. The van der Waals surface area contributed by atoms with E-state index in [4.69, 9.17) is 0 Å². The molecular weight excluding hydrogens is 603 g/mol. The quantitative estimate of drug-likeness (QED) is 0.139. The number of para-hydroxylation sites is 1. The van der Waals surface area contributed by atoms with Gasteiger partial charge in [-0.3, -0.25) is 9.69 Å². The van der Waals surface area contributed by atoms with Crippen molar-refractivity contribution in [2.24, 2.45) is 0 Å². The summed E-state index contributed by atoms with van der Waals surface area (Å²) in [6, 6.07) is 34.5. The van der Waals surface area contributed by atoms with Crippen molar-refractivity contribution in [3.63, 3.8) is 0 Å². The summed E-state index contributed by atoms with van der Waals surface area (Å²) >= 11 is 1.40. The van der Waals surface area contributed by atoms with E-state index in [1.165, 1.54) is 11.3 Å². The summed E-state index contributed by atoms with van der Waals surface area (Å²) < 4.78 is 28.4. The van der Waals surface area contributed by atoms with Gasteiger partial charge in [0.1, 0.15) is 17.2 Å². The van der Waals surface area contributed by atoms with E-state index in [0.717, 1.165) is 21.3 Å².